The topological polar surface area (TPSA) is 43.1 Å². The van der Waals surface area contributed by atoms with Gasteiger partial charge in [0, 0.05) is 12.0 Å². The quantitative estimate of drug-likeness (QED) is 0.756. The smallest absolute Gasteiger partial charge is 0.269 e. The first-order valence-corrected chi connectivity index (χ1v) is 6.77. The summed E-state index contributed by atoms with van der Waals surface area (Å²) in [6.07, 6.45) is -0.849. The van der Waals surface area contributed by atoms with Gasteiger partial charge in [-0.15, -0.1) is 10.2 Å². The highest BCUT2D eigenvalue weighted by Crippen LogP contribution is 2.45. The van der Waals surface area contributed by atoms with Crippen molar-refractivity contribution in [2.75, 3.05) is 0 Å². The van der Waals surface area contributed by atoms with Gasteiger partial charge in [0.2, 0.25) is 0 Å². The van der Waals surface area contributed by atoms with Gasteiger partial charge in [-0.2, -0.15) is 13.2 Å². The molecule has 2 heterocycles. The second-order valence-corrected chi connectivity index (χ2v) is 5.42. The predicted molar refractivity (Wildman–Crippen MR) is 66.5 cm³/mol. The Labute approximate surface area is 118 Å². The van der Waals surface area contributed by atoms with Crippen molar-refractivity contribution in [1.29, 1.82) is 0 Å². The van der Waals surface area contributed by atoms with E-state index in [0.29, 0.717) is 24.3 Å². The summed E-state index contributed by atoms with van der Waals surface area (Å²) in [6, 6.07) is 1.49. The number of rotatable bonds is 1. The Morgan fingerprint density at radius 2 is 1.95 bits per heavy atom. The molecule has 0 amide bonds. The van der Waals surface area contributed by atoms with Gasteiger partial charge in [-0.05, 0) is 12.8 Å². The van der Waals surface area contributed by atoms with E-state index in [1.807, 2.05) is 0 Å². The number of aromatic nitrogens is 4. The van der Waals surface area contributed by atoms with Gasteiger partial charge in [-0.3, -0.25) is 4.40 Å². The molecule has 2 aromatic heterocycles. The van der Waals surface area contributed by atoms with Crippen LogP contribution in [0.1, 0.15) is 37.4 Å². The largest absolute Gasteiger partial charge is 0.392 e. The summed E-state index contributed by atoms with van der Waals surface area (Å²) >= 11 is 5.74. The van der Waals surface area contributed by atoms with E-state index in [1.54, 1.807) is 0 Å². The van der Waals surface area contributed by atoms with Crippen LogP contribution >= 0.6 is 11.6 Å². The molecule has 20 heavy (non-hydrogen) atoms. The number of fused-ring (bicyclic) bond motifs is 1. The van der Waals surface area contributed by atoms with Crippen LogP contribution in [0.4, 0.5) is 13.2 Å². The Kier molecular flexibility index (Phi) is 3.32. The predicted octanol–water partition coefficient (Wildman–Crippen LogP) is 3.61. The Morgan fingerprint density at radius 1 is 1.20 bits per heavy atom. The fraction of sp³-hybridized carbons (Fsp3) is 0.583. The molecule has 1 aliphatic carbocycles. The van der Waals surface area contributed by atoms with Crippen LogP contribution in [-0.2, 0) is 0 Å². The number of halogens is 4. The summed E-state index contributed by atoms with van der Waals surface area (Å²) in [6.45, 7) is 0. The molecular formula is C12H12ClF3N4. The van der Waals surface area contributed by atoms with E-state index in [1.165, 1.54) is 16.8 Å². The lowest BCUT2D eigenvalue weighted by molar-refractivity contribution is -0.187. The summed E-state index contributed by atoms with van der Waals surface area (Å²) in [5.41, 5.74) is 0.423. The Bertz CT molecular complexity index is 625. The lowest BCUT2D eigenvalue weighted by atomic mass is 9.78. The summed E-state index contributed by atoms with van der Waals surface area (Å²) in [5, 5.41) is 8.07. The molecule has 0 spiro atoms. The SMILES string of the molecule is FC(F)(F)C1CCCCC1c1nnc2cc(Cl)ncn12. The molecule has 2 unspecified atom stereocenters. The number of hydrogen-bond donors (Lipinski definition) is 0. The van der Waals surface area contributed by atoms with Crippen LogP contribution in [0, 0.1) is 5.92 Å². The van der Waals surface area contributed by atoms with Crippen LogP contribution in [0.3, 0.4) is 0 Å². The number of hydrogen-bond acceptors (Lipinski definition) is 3. The van der Waals surface area contributed by atoms with E-state index in [2.05, 4.69) is 15.2 Å². The molecule has 0 aliphatic heterocycles. The Hall–Kier alpha value is -1.37. The Balaban J connectivity index is 2.04. The van der Waals surface area contributed by atoms with Gasteiger partial charge in [-0.25, -0.2) is 4.98 Å². The van der Waals surface area contributed by atoms with Crippen molar-refractivity contribution in [1.82, 2.24) is 19.6 Å². The first-order chi connectivity index (χ1) is 9.47. The van der Waals surface area contributed by atoms with Crippen molar-refractivity contribution in [3.8, 4) is 0 Å². The molecule has 1 aliphatic rings. The monoisotopic (exact) mass is 304 g/mol. The van der Waals surface area contributed by atoms with E-state index in [0.717, 1.165) is 6.42 Å². The minimum Gasteiger partial charge on any atom is -0.269 e. The highest BCUT2D eigenvalue weighted by Gasteiger charge is 2.47. The minimum absolute atomic E-state index is 0.143. The molecule has 2 atom stereocenters. The van der Waals surface area contributed by atoms with Crippen LogP contribution in [0.25, 0.3) is 5.65 Å². The fourth-order valence-electron chi connectivity index (χ4n) is 2.87. The number of alkyl halides is 3. The first kappa shape index (κ1) is 13.6. The summed E-state index contributed by atoms with van der Waals surface area (Å²) in [7, 11) is 0. The summed E-state index contributed by atoms with van der Waals surface area (Å²) in [4.78, 5) is 3.89. The molecule has 0 saturated heterocycles. The average Bonchev–Trinajstić information content (AvgIpc) is 2.80. The third-order valence-electron chi connectivity index (χ3n) is 3.81. The lowest BCUT2D eigenvalue weighted by Crippen LogP contribution is -2.32. The molecule has 0 N–H and O–H groups in total. The van der Waals surface area contributed by atoms with Gasteiger partial charge >= 0.3 is 6.18 Å². The van der Waals surface area contributed by atoms with E-state index in [-0.39, 0.29) is 11.6 Å². The van der Waals surface area contributed by atoms with Crippen LogP contribution in [0.2, 0.25) is 5.15 Å². The van der Waals surface area contributed by atoms with Gasteiger partial charge in [0.1, 0.15) is 17.3 Å². The zero-order valence-electron chi connectivity index (χ0n) is 10.4. The second kappa shape index (κ2) is 4.87. The van der Waals surface area contributed by atoms with Crippen molar-refractivity contribution in [3.05, 3.63) is 23.4 Å². The van der Waals surface area contributed by atoms with Gasteiger partial charge < -0.3 is 0 Å². The van der Waals surface area contributed by atoms with E-state index in [4.69, 9.17) is 11.6 Å². The van der Waals surface area contributed by atoms with Crippen molar-refractivity contribution >= 4 is 17.2 Å². The molecule has 8 heteroatoms. The van der Waals surface area contributed by atoms with Crippen LogP contribution in [0.5, 0.6) is 0 Å². The van der Waals surface area contributed by atoms with Crippen LogP contribution < -0.4 is 0 Å². The summed E-state index contributed by atoms with van der Waals surface area (Å²) < 4.78 is 41.0. The van der Waals surface area contributed by atoms with Crippen LogP contribution in [0.15, 0.2) is 12.4 Å². The molecule has 0 radical (unpaired) electrons. The summed E-state index contributed by atoms with van der Waals surface area (Å²) in [5.74, 6) is -1.70. The van der Waals surface area contributed by atoms with Gasteiger partial charge in [0.05, 0.1) is 5.92 Å². The first-order valence-electron chi connectivity index (χ1n) is 6.39. The van der Waals surface area contributed by atoms with E-state index < -0.39 is 18.0 Å². The Morgan fingerprint density at radius 3 is 2.70 bits per heavy atom. The third-order valence-corrected chi connectivity index (χ3v) is 4.02. The van der Waals surface area contributed by atoms with Crippen molar-refractivity contribution in [2.24, 2.45) is 5.92 Å². The van der Waals surface area contributed by atoms with Crippen molar-refractivity contribution in [2.45, 2.75) is 37.8 Å². The molecule has 108 valence electrons. The average molecular weight is 305 g/mol. The zero-order valence-corrected chi connectivity index (χ0v) is 11.2. The molecule has 0 aromatic carbocycles. The highest BCUT2D eigenvalue weighted by atomic mass is 35.5. The second-order valence-electron chi connectivity index (χ2n) is 5.04. The van der Waals surface area contributed by atoms with Gasteiger partial charge in [-0.1, -0.05) is 24.4 Å². The third kappa shape index (κ3) is 2.34. The maximum absolute atomic E-state index is 13.2. The molecular weight excluding hydrogens is 293 g/mol. The lowest BCUT2D eigenvalue weighted by Gasteiger charge is -2.31. The standard InChI is InChI=1S/C12H12ClF3N4/c13-9-5-10-18-19-11(20(10)6-17-9)7-3-1-2-4-8(7)12(14,15)16/h5-8H,1-4H2. The molecule has 3 rings (SSSR count). The normalized spacial score (nSPS) is 24.2. The minimum atomic E-state index is -4.21. The molecule has 1 saturated carbocycles. The van der Waals surface area contributed by atoms with Gasteiger partial charge in [0.25, 0.3) is 0 Å². The fourth-order valence-corrected chi connectivity index (χ4v) is 3.02. The highest BCUT2D eigenvalue weighted by molar-refractivity contribution is 6.29. The van der Waals surface area contributed by atoms with E-state index in [9.17, 15) is 13.2 Å². The maximum atomic E-state index is 13.2. The molecule has 0 bridgehead atoms. The van der Waals surface area contributed by atoms with Crippen molar-refractivity contribution in [3.63, 3.8) is 0 Å². The van der Waals surface area contributed by atoms with Gasteiger partial charge in [0.15, 0.2) is 5.65 Å². The van der Waals surface area contributed by atoms with Crippen LogP contribution in [-0.4, -0.2) is 25.8 Å². The maximum Gasteiger partial charge on any atom is 0.392 e. The molecule has 2 aromatic rings. The molecule has 4 nitrogen and oxygen atoms in total. The number of nitrogens with zero attached hydrogens (tertiary/aromatic N) is 4. The van der Waals surface area contributed by atoms with Crippen molar-refractivity contribution < 1.29 is 13.2 Å². The molecule has 1 fully saturated rings. The van der Waals surface area contributed by atoms with E-state index >= 15 is 0 Å². The zero-order chi connectivity index (χ0) is 14.3.